The van der Waals surface area contributed by atoms with E-state index in [1.54, 1.807) is 24.5 Å². The van der Waals surface area contributed by atoms with Crippen LogP contribution in [0.15, 0.2) is 47.6 Å². The fourth-order valence-electron chi connectivity index (χ4n) is 3.90. The summed E-state index contributed by atoms with van der Waals surface area (Å²) in [4.78, 5) is 16.6. The van der Waals surface area contributed by atoms with Crippen molar-refractivity contribution < 1.29 is 27.4 Å². The van der Waals surface area contributed by atoms with Crippen molar-refractivity contribution in [2.45, 2.75) is 37.0 Å². The Hall–Kier alpha value is -2.65. The van der Waals surface area contributed by atoms with Crippen LogP contribution < -0.4 is 9.47 Å². The summed E-state index contributed by atoms with van der Waals surface area (Å²) in [6.45, 7) is 1.96. The summed E-state index contributed by atoms with van der Waals surface area (Å²) < 4.78 is 44.2. The van der Waals surface area contributed by atoms with Crippen LogP contribution in [0.25, 0.3) is 0 Å². The number of carbonyl (C=O) groups is 1. The molecule has 0 N–H and O–H groups in total. The smallest absolute Gasteiger partial charge is 0.309 e. The van der Waals surface area contributed by atoms with E-state index >= 15 is 0 Å². The number of rotatable bonds is 7. The van der Waals surface area contributed by atoms with Gasteiger partial charge in [0.25, 0.3) is 0 Å². The molecule has 0 aliphatic carbocycles. The molecule has 0 bridgehead atoms. The third-order valence-electron chi connectivity index (χ3n) is 5.72. The molecule has 1 aromatic carbocycles. The Labute approximate surface area is 188 Å². The predicted octanol–water partition coefficient (Wildman–Crippen LogP) is 2.82. The number of piperidine rings is 1. The molecule has 3 heterocycles. The number of fused-ring (bicyclic) bond motifs is 1. The van der Waals surface area contributed by atoms with E-state index in [9.17, 15) is 13.2 Å². The molecule has 0 radical (unpaired) electrons. The first-order chi connectivity index (χ1) is 15.5. The molecule has 0 amide bonds. The van der Waals surface area contributed by atoms with Crippen molar-refractivity contribution in [3.05, 3.63) is 48.3 Å². The van der Waals surface area contributed by atoms with Gasteiger partial charge in [-0.1, -0.05) is 6.07 Å². The Balaban J connectivity index is 1.27. The number of esters is 1. The van der Waals surface area contributed by atoms with Gasteiger partial charge >= 0.3 is 5.97 Å². The first-order valence-corrected chi connectivity index (χ1v) is 12.4. The normalized spacial score (nSPS) is 17.5. The molecule has 1 fully saturated rings. The van der Waals surface area contributed by atoms with E-state index in [1.807, 2.05) is 12.1 Å². The SMILES string of the molecule is O=C(OCCCc1cccnc1)C1CCN(S(=O)(=O)c2ccc3c(c2)OCCCO3)CC1. The third kappa shape index (κ3) is 5.39. The van der Waals surface area contributed by atoms with Gasteiger partial charge in [-0.2, -0.15) is 4.31 Å². The second kappa shape index (κ2) is 10.3. The largest absolute Gasteiger partial charge is 0.490 e. The van der Waals surface area contributed by atoms with Crippen LogP contribution in [0.4, 0.5) is 0 Å². The fraction of sp³-hybridized carbons (Fsp3) is 0.478. The molecular formula is C23H28N2O6S. The van der Waals surface area contributed by atoms with Crippen molar-refractivity contribution in [1.82, 2.24) is 9.29 Å². The van der Waals surface area contributed by atoms with Crippen LogP contribution in [0, 0.1) is 5.92 Å². The van der Waals surface area contributed by atoms with E-state index in [1.165, 1.54) is 10.4 Å². The highest BCUT2D eigenvalue weighted by Gasteiger charge is 2.33. The number of carbonyl (C=O) groups excluding carboxylic acids is 1. The van der Waals surface area contributed by atoms with Gasteiger partial charge in [0.1, 0.15) is 0 Å². The minimum absolute atomic E-state index is 0.179. The van der Waals surface area contributed by atoms with Crippen molar-refractivity contribution in [1.29, 1.82) is 0 Å². The summed E-state index contributed by atoms with van der Waals surface area (Å²) in [7, 11) is -3.67. The monoisotopic (exact) mass is 460 g/mol. The quantitative estimate of drug-likeness (QED) is 0.463. The highest BCUT2D eigenvalue weighted by molar-refractivity contribution is 7.89. The fourth-order valence-corrected chi connectivity index (χ4v) is 5.38. The minimum Gasteiger partial charge on any atom is -0.490 e. The lowest BCUT2D eigenvalue weighted by Gasteiger charge is -2.30. The van der Waals surface area contributed by atoms with E-state index in [-0.39, 0.29) is 29.9 Å². The highest BCUT2D eigenvalue weighted by Crippen LogP contribution is 2.33. The van der Waals surface area contributed by atoms with Crippen molar-refractivity contribution in [2.24, 2.45) is 5.92 Å². The minimum atomic E-state index is -3.67. The average Bonchev–Trinajstić information content (AvgIpc) is 3.07. The summed E-state index contributed by atoms with van der Waals surface area (Å²) in [6, 6.07) is 8.59. The Morgan fingerprint density at radius 2 is 1.91 bits per heavy atom. The van der Waals surface area contributed by atoms with Gasteiger partial charge < -0.3 is 14.2 Å². The Morgan fingerprint density at radius 3 is 2.66 bits per heavy atom. The number of nitrogens with zero attached hydrogens (tertiary/aromatic N) is 2. The molecule has 0 unspecified atom stereocenters. The standard InChI is InChI=1S/C23H28N2O6S/c26-23(31-13-2-5-18-4-1-10-24-17-18)19-8-11-25(12-9-19)32(27,28)20-6-7-21-22(16-20)30-15-3-14-29-21/h1,4,6-7,10,16-17,19H,2-3,5,8-9,11-15H2. The molecule has 0 atom stereocenters. The molecule has 8 nitrogen and oxygen atoms in total. The third-order valence-corrected chi connectivity index (χ3v) is 7.62. The van der Waals surface area contributed by atoms with E-state index in [2.05, 4.69) is 4.98 Å². The maximum absolute atomic E-state index is 13.1. The van der Waals surface area contributed by atoms with Gasteiger partial charge in [-0.3, -0.25) is 9.78 Å². The van der Waals surface area contributed by atoms with Crippen molar-refractivity contribution in [3.63, 3.8) is 0 Å². The number of benzene rings is 1. The first kappa shape index (κ1) is 22.5. The van der Waals surface area contributed by atoms with Gasteiger partial charge in [0.15, 0.2) is 11.5 Å². The second-order valence-corrected chi connectivity index (χ2v) is 9.91. The maximum atomic E-state index is 13.1. The van der Waals surface area contributed by atoms with E-state index in [0.29, 0.717) is 44.2 Å². The van der Waals surface area contributed by atoms with E-state index < -0.39 is 10.0 Å². The lowest BCUT2D eigenvalue weighted by Crippen LogP contribution is -2.40. The van der Waals surface area contributed by atoms with Crippen LogP contribution in [0.1, 0.15) is 31.2 Å². The zero-order valence-electron chi connectivity index (χ0n) is 17.9. The summed E-state index contributed by atoms with van der Waals surface area (Å²) in [5.41, 5.74) is 1.11. The number of ether oxygens (including phenoxy) is 3. The van der Waals surface area contributed by atoms with Crippen molar-refractivity contribution >= 4 is 16.0 Å². The molecule has 2 aromatic rings. The zero-order chi connectivity index (χ0) is 22.4. The van der Waals surface area contributed by atoms with E-state index in [4.69, 9.17) is 14.2 Å². The van der Waals surface area contributed by atoms with Crippen molar-refractivity contribution in [2.75, 3.05) is 32.9 Å². The second-order valence-electron chi connectivity index (χ2n) is 7.97. The average molecular weight is 461 g/mol. The van der Waals surface area contributed by atoms with Gasteiger partial charge in [-0.05, 0) is 49.4 Å². The summed E-state index contributed by atoms with van der Waals surface area (Å²) in [5.74, 6) is 0.493. The molecule has 1 aromatic heterocycles. The maximum Gasteiger partial charge on any atom is 0.309 e. The molecular weight excluding hydrogens is 432 g/mol. The molecule has 0 spiro atoms. The molecule has 2 aliphatic rings. The van der Waals surface area contributed by atoms with E-state index in [0.717, 1.165) is 24.8 Å². The molecule has 0 saturated carbocycles. The molecule has 2 aliphatic heterocycles. The molecule has 9 heteroatoms. The van der Waals surface area contributed by atoms with Crippen LogP contribution in [-0.4, -0.2) is 56.6 Å². The lowest BCUT2D eigenvalue weighted by molar-refractivity contribution is -0.149. The van der Waals surface area contributed by atoms with Crippen LogP contribution in [-0.2, 0) is 26.0 Å². The molecule has 1 saturated heterocycles. The van der Waals surface area contributed by atoms with Crippen LogP contribution in [0.2, 0.25) is 0 Å². The number of hydrogen-bond acceptors (Lipinski definition) is 7. The van der Waals surface area contributed by atoms with Gasteiger partial charge in [-0.25, -0.2) is 8.42 Å². The predicted molar refractivity (Wildman–Crippen MR) is 117 cm³/mol. The number of aromatic nitrogens is 1. The lowest BCUT2D eigenvalue weighted by atomic mass is 9.98. The zero-order valence-corrected chi connectivity index (χ0v) is 18.8. The summed E-state index contributed by atoms with van der Waals surface area (Å²) in [6.07, 6.45) is 6.72. The first-order valence-electron chi connectivity index (χ1n) is 11.0. The number of sulfonamides is 1. The Bertz CT molecular complexity index is 1020. The number of pyridine rings is 1. The number of aryl methyl sites for hydroxylation is 1. The van der Waals surface area contributed by atoms with Gasteiger partial charge in [0, 0.05) is 38.0 Å². The topological polar surface area (TPSA) is 95.0 Å². The summed E-state index contributed by atoms with van der Waals surface area (Å²) in [5, 5.41) is 0. The summed E-state index contributed by atoms with van der Waals surface area (Å²) >= 11 is 0. The Kier molecular flexibility index (Phi) is 7.26. The highest BCUT2D eigenvalue weighted by atomic mass is 32.2. The van der Waals surface area contributed by atoms with Crippen LogP contribution in [0.5, 0.6) is 11.5 Å². The number of hydrogen-bond donors (Lipinski definition) is 0. The Morgan fingerprint density at radius 1 is 1.12 bits per heavy atom. The van der Waals surface area contributed by atoms with Gasteiger partial charge in [0.2, 0.25) is 10.0 Å². The molecule has 172 valence electrons. The molecule has 32 heavy (non-hydrogen) atoms. The van der Waals surface area contributed by atoms with Crippen LogP contribution in [0.3, 0.4) is 0 Å². The van der Waals surface area contributed by atoms with Gasteiger partial charge in [0.05, 0.1) is 30.6 Å². The van der Waals surface area contributed by atoms with Crippen LogP contribution >= 0.6 is 0 Å². The molecule has 4 rings (SSSR count). The van der Waals surface area contributed by atoms with Crippen molar-refractivity contribution in [3.8, 4) is 11.5 Å². The van der Waals surface area contributed by atoms with Gasteiger partial charge in [-0.15, -0.1) is 0 Å².